The highest BCUT2D eigenvalue weighted by Gasteiger charge is 2.38. The molecule has 0 aliphatic carbocycles. The Morgan fingerprint density at radius 1 is 1.21 bits per heavy atom. The van der Waals surface area contributed by atoms with Crippen molar-refractivity contribution in [1.29, 1.82) is 0 Å². The molecule has 2 fully saturated rings. The van der Waals surface area contributed by atoms with E-state index in [2.05, 4.69) is 0 Å². The normalized spacial score (nSPS) is 24.2. The van der Waals surface area contributed by atoms with Gasteiger partial charge in [0.2, 0.25) is 11.8 Å². The summed E-state index contributed by atoms with van der Waals surface area (Å²) < 4.78 is 5.13. The van der Waals surface area contributed by atoms with E-state index in [4.69, 9.17) is 9.84 Å². The second-order valence-corrected chi connectivity index (χ2v) is 6.14. The van der Waals surface area contributed by atoms with E-state index in [9.17, 15) is 14.4 Å². The summed E-state index contributed by atoms with van der Waals surface area (Å²) >= 11 is 0. The molecule has 1 aromatic carbocycles. The van der Waals surface area contributed by atoms with Gasteiger partial charge < -0.3 is 19.6 Å². The molecule has 0 bridgehead atoms. The van der Waals surface area contributed by atoms with Crippen molar-refractivity contribution in [2.24, 2.45) is 5.92 Å². The molecule has 7 nitrogen and oxygen atoms in total. The van der Waals surface area contributed by atoms with E-state index in [0.717, 1.165) is 5.56 Å². The quantitative estimate of drug-likeness (QED) is 0.859. The predicted molar refractivity (Wildman–Crippen MR) is 83.9 cm³/mol. The Kier molecular flexibility index (Phi) is 4.80. The average molecular weight is 332 g/mol. The third-order valence-electron chi connectivity index (χ3n) is 4.43. The summed E-state index contributed by atoms with van der Waals surface area (Å²) in [6.07, 6.45) is -0.805. The van der Waals surface area contributed by atoms with Gasteiger partial charge in [-0.1, -0.05) is 30.3 Å². The maximum absolute atomic E-state index is 12.6. The predicted octanol–water partition coefficient (Wildman–Crippen LogP) is 0.347. The molecule has 2 unspecified atom stereocenters. The number of ether oxygens (including phenoxy) is 1. The van der Waals surface area contributed by atoms with Crippen LogP contribution in [0.15, 0.2) is 30.3 Å². The fourth-order valence-corrected chi connectivity index (χ4v) is 3.15. The third kappa shape index (κ3) is 3.56. The minimum absolute atomic E-state index is 0.0392. The number of morpholine rings is 1. The van der Waals surface area contributed by atoms with Crippen LogP contribution in [0.2, 0.25) is 0 Å². The summed E-state index contributed by atoms with van der Waals surface area (Å²) in [4.78, 5) is 39.0. The first-order valence-electron chi connectivity index (χ1n) is 7.99. The number of amides is 2. The van der Waals surface area contributed by atoms with Gasteiger partial charge in [-0.25, -0.2) is 4.79 Å². The van der Waals surface area contributed by atoms with Crippen molar-refractivity contribution in [3.8, 4) is 0 Å². The van der Waals surface area contributed by atoms with Crippen molar-refractivity contribution in [1.82, 2.24) is 9.80 Å². The molecule has 2 amide bonds. The number of rotatable bonds is 4. The van der Waals surface area contributed by atoms with Crippen LogP contribution in [-0.2, 0) is 25.7 Å². The van der Waals surface area contributed by atoms with Crippen LogP contribution in [-0.4, -0.2) is 65.0 Å². The standard InChI is InChI=1S/C17H20N2O5/c20-15-8-13(10-19(15)9-12-4-2-1-3-5-12)16(21)18-6-7-24-14(11-18)17(22)23/h1-5,13-14H,6-11H2,(H,22,23). The van der Waals surface area contributed by atoms with Gasteiger partial charge in [0.15, 0.2) is 6.10 Å². The maximum Gasteiger partial charge on any atom is 0.334 e. The number of nitrogens with zero attached hydrogens (tertiary/aromatic N) is 2. The van der Waals surface area contributed by atoms with E-state index in [-0.39, 0.29) is 31.4 Å². The molecular formula is C17H20N2O5. The summed E-state index contributed by atoms with van der Waals surface area (Å²) in [5, 5.41) is 9.03. The number of hydrogen-bond donors (Lipinski definition) is 1. The molecule has 24 heavy (non-hydrogen) atoms. The van der Waals surface area contributed by atoms with Crippen LogP contribution < -0.4 is 0 Å². The van der Waals surface area contributed by atoms with Crippen molar-refractivity contribution < 1.29 is 24.2 Å². The van der Waals surface area contributed by atoms with Crippen LogP contribution >= 0.6 is 0 Å². The van der Waals surface area contributed by atoms with Crippen LogP contribution in [0.3, 0.4) is 0 Å². The minimum atomic E-state index is -1.07. The number of carbonyl (C=O) groups excluding carboxylic acids is 2. The Balaban J connectivity index is 1.60. The number of likely N-dealkylation sites (tertiary alicyclic amines) is 1. The van der Waals surface area contributed by atoms with E-state index >= 15 is 0 Å². The van der Waals surface area contributed by atoms with Gasteiger partial charge in [0, 0.05) is 26.1 Å². The van der Waals surface area contributed by atoms with Crippen LogP contribution in [0.25, 0.3) is 0 Å². The highest BCUT2D eigenvalue weighted by molar-refractivity contribution is 5.89. The van der Waals surface area contributed by atoms with Crippen molar-refractivity contribution in [2.75, 3.05) is 26.2 Å². The van der Waals surface area contributed by atoms with E-state index < -0.39 is 18.0 Å². The van der Waals surface area contributed by atoms with Crippen molar-refractivity contribution >= 4 is 17.8 Å². The largest absolute Gasteiger partial charge is 0.479 e. The molecule has 1 aromatic rings. The van der Waals surface area contributed by atoms with Crippen LogP contribution in [0.1, 0.15) is 12.0 Å². The lowest BCUT2D eigenvalue weighted by atomic mass is 10.1. The average Bonchev–Trinajstić information content (AvgIpc) is 2.96. The van der Waals surface area contributed by atoms with Gasteiger partial charge in [0.05, 0.1) is 19.1 Å². The lowest BCUT2D eigenvalue weighted by Gasteiger charge is -2.32. The first kappa shape index (κ1) is 16.4. The summed E-state index contributed by atoms with van der Waals surface area (Å²) in [7, 11) is 0. The Labute approximate surface area is 139 Å². The van der Waals surface area contributed by atoms with Crippen LogP contribution in [0.5, 0.6) is 0 Å². The second kappa shape index (κ2) is 7.00. The molecule has 2 aliphatic heterocycles. The molecule has 7 heteroatoms. The molecule has 3 rings (SSSR count). The summed E-state index contributed by atoms with van der Waals surface area (Å²) in [5.41, 5.74) is 1.02. The monoisotopic (exact) mass is 332 g/mol. The molecule has 2 atom stereocenters. The molecule has 0 saturated carbocycles. The Bertz CT molecular complexity index is 633. The zero-order chi connectivity index (χ0) is 17.1. The highest BCUT2D eigenvalue weighted by Crippen LogP contribution is 2.23. The molecule has 1 N–H and O–H groups in total. The van der Waals surface area contributed by atoms with Gasteiger partial charge in [0.25, 0.3) is 0 Å². The first-order chi connectivity index (χ1) is 11.5. The molecule has 0 radical (unpaired) electrons. The van der Waals surface area contributed by atoms with Crippen LogP contribution in [0, 0.1) is 5.92 Å². The summed E-state index contributed by atoms with van der Waals surface area (Å²) in [6.45, 7) is 1.48. The van der Waals surface area contributed by atoms with Gasteiger partial charge >= 0.3 is 5.97 Å². The van der Waals surface area contributed by atoms with Gasteiger partial charge in [-0.2, -0.15) is 0 Å². The van der Waals surface area contributed by atoms with Gasteiger partial charge in [-0.3, -0.25) is 9.59 Å². The number of benzene rings is 1. The number of carboxylic acid groups (broad SMARTS) is 1. The van der Waals surface area contributed by atoms with Crippen molar-refractivity contribution in [2.45, 2.75) is 19.1 Å². The smallest absolute Gasteiger partial charge is 0.334 e. The third-order valence-corrected chi connectivity index (χ3v) is 4.43. The Hall–Kier alpha value is -2.41. The molecule has 128 valence electrons. The number of aliphatic carboxylic acids is 1. The summed E-state index contributed by atoms with van der Waals surface area (Å²) in [5.74, 6) is -1.68. The van der Waals surface area contributed by atoms with E-state index in [1.807, 2.05) is 30.3 Å². The molecule has 2 aliphatic rings. The molecule has 0 aromatic heterocycles. The lowest BCUT2D eigenvalue weighted by Crippen LogP contribution is -2.50. The minimum Gasteiger partial charge on any atom is -0.479 e. The Morgan fingerprint density at radius 2 is 1.96 bits per heavy atom. The zero-order valence-electron chi connectivity index (χ0n) is 13.3. The number of carbonyl (C=O) groups is 3. The fourth-order valence-electron chi connectivity index (χ4n) is 3.15. The SMILES string of the molecule is O=C(O)C1CN(C(=O)C2CC(=O)N(Cc3ccccc3)C2)CCO1. The van der Waals surface area contributed by atoms with E-state index in [1.165, 1.54) is 4.90 Å². The highest BCUT2D eigenvalue weighted by atomic mass is 16.5. The fraction of sp³-hybridized carbons (Fsp3) is 0.471. The van der Waals surface area contributed by atoms with Crippen molar-refractivity contribution in [3.05, 3.63) is 35.9 Å². The van der Waals surface area contributed by atoms with Crippen molar-refractivity contribution in [3.63, 3.8) is 0 Å². The van der Waals surface area contributed by atoms with E-state index in [0.29, 0.717) is 19.6 Å². The summed E-state index contributed by atoms with van der Waals surface area (Å²) in [6, 6.07) is 9.64. The molecule has 2 heterocycles. The van der Waals surface area contributed by atoms with Crippen LogP contribution in [0.4, 0.5) is 0 Å². The lowest BCUT2D eigenvalue weighted by molar-refractivity contribution is -0.160. The number of carboxylic acids is 1. The molecular weight excluding hydrogens is 312 g/mol. The van der Waals surface area contributed by atoms with Gasteiger partial charge in [-0.15, -0.1) is 0 Å². The molecule has 2 saturated heterocycles. The zero-order valence-corrected chi connectivity index (χ0v) is 13.3. The number of hydrogen-bond acceptors (Lipinski definition) is 4. The molecule has 0 spiro atoms. The van der Waals surface area contributed by atoms with Gasteiger partial charge in [0.1, 0.15) is 0 Å². The first-order valence-corrected chi connectivity index (χ1v) is 7.99. The Morgan fingerprint density at radius 3 is 2.67 bits per heavy atom. The second-order valence-electron chi connectivity index (χ2n) is 6.14. The maximum atomic E-state index is 12.6. The van der Waals surface area contributed by atoms with E-state index in [1.54, 1.807) is 4.90 Å². The topological polar surface area (TPSA) is 87.2 Å². The van der Waals surface area contributed by atoms with Gasteiger partial charge in [-0.05, 0) is 5.56 Å².